The molecular formula is C12H15N3O4S. The van der Waals surface area contributed by atoms with Crippen molar-refractivity contribution in [1.82, 2.24) is 4.83 Å². The van der Waals surface area contributed by atoms with Gasteiger partial charge in [-0.1, -0.05) is 6.42 Å². The van der Waals surface area contributed by atoms with E-state index in [1.54, 1.807) is 0 Å². The molecule has 0 radical (unpaired) electrons. The van der Waals surface area contributed by atoms with Gasteiger partial charge in [0.1, 0.15) is 0 Å². The minimum atomic E-state index is -3.76. The van der Waals surface area contributed by atoms with Crippen LogP contribution in [0.2, 0.25) is 0 Å². The molecule has 1 aromatic carbocycles. The molecule has 0 unspecified atom stereocenters. The zero-order valence-electron chi connectivity index (χ0n) is 10.8. The van der Waals surface area contributed by atoms with E-state index in [4.69, 9.17) is 0 Å². The number of benzene rings is 1. The molecule has 0 heterocycles. The summed E-state index contributed by atoms with van der Waals surface area (Å²) >= 11 is 0. The van der Waals surface area contributed by atoms with Crippen LogP contribution in [0, 0.1) is 10.1 Å². The summed E-state index contributed by atoms with van der Waals surface area (Å²) in [6, 6.07) is 4.70. The lowest BCUT2D eigenvalue weighted by Crippen LogP contribution is -2.21. The molecule has 20 heavy (non-hydrogen) atoms. The maximum Gasteiger partial charge on any atom is 0.276 e. The maximum atomic E-state index is 12.0. The van der Waals surface area contributed by atoms with Gasteiger partial charge in [0.05, 0.1) is 9.82 Å². The van der Waals surface area contributed by atoms with E-state index in [9.17, 15) is 18.5 Å². The Labute approximate surface area is 116 Å². The number of nitro groups is 1. The van der Waals surface area contributed by atoms with Gasteiger partial charge in [-0.05, 0) is 37.8 Å². The van der Waals surface area contributed by atoms with Crippen LogP contribution in [0.15, 0.2) is 34.3 Å². The lowest BCUT2D eigenvalue weighted by Gasteiger charge is -2.12. The average molecular weight is 297 g/mol. The topological polar surface area (TPSA) is 102 Å². The summed E-state index contributed by atoms with van der Waals surface area (Å²) in [4.78, 5) is 12.1. The molecule has 0 aromatic heterocycles. The predicted octanol–water partition coefficient (Wildman–Crippen LogP) is 2.19. The first-order valence-electron chi connectivity index (χ1n) is 6.31. The quantitative estimate of drug-likeness (QED) is 0.679. The predicted molar refractivity (Wildman–Crippen MR) is 73.9 cm³/mol. The van der Waals surface area contributed by atoms with Crippen LogP contribution in [0.5, 0.6) is 0 Å². The van der Waals surface area contributed by atoms with Gasteiger partial charge < -0.3 is 0 Å². The van der Waals surface area contributed by atoms with Crippen molar-refractivity contribution >= 4 is 21.4 Å². The fraction of sp³-hybridized carbons (Fsp3) is 0.417. The van der Waals surface area contributed by atoms with Crippen molar-refractivity contribution in [2.45, 2.75) is 37.0 Å². The molecular weight excluding hydrogens is 282 g/mol. The molecule has 2 rings (SSSR count). The normalized spacial score (nSPS) is 15.7. The van der Waals surface area contributed by atoms with E-state index in [0.717, 1.165) is 49.9 Å². The van der Waals surface area contributed by atoms with Gasteiger partial charge in [-0.2, -0.15) is 13.5 Å². The Morgan fingerprint density at radius 1 is 1.10 bits per heavy atom. The van der Waals surface area contributed by atoms with Crippen LogP contribution in [-0.2, 0) is 10.0 Å². The number of nitrogens with one attached hydrogen (secondary N) is 1. The molecule has 0 spiro atoms. The first-order chi connectivity index (χ1) is 9.49. The molecule has 0 atom stereocenters. The number of nitro benzene ring substituents is 1. The van der Waals surface area contributed by atoms with Crippen molar-refractivity contribution in [2.24, 2.45) is 5.10 Å². The fourth-order valence-electron chi connectivity index (χ4n) is 2.00. The van der Waals surface area contributed by atoms with Gasteiger partial charge in [0.25, 0.3) is 15.7 Å². The zero-order chi connectivity index (χ0) is 14.6. The second kappa shape index (κ2) is 6.00. The third-order valence-electron chi connectivity index (χ3n) is 3.11. The number of rotatable bonds is 4. The highest BCUT2D eigenvalue weighted by Gasteiger charge is 2.16. The van der Waals surface area contributed by atoms with Crippen molar-refractivity contribution in [1.29, 1.82) is 0 Å². The van der Waals surface area contributed by atoms with E-state index in [1.165, 1.54) is 12.1 Å². The highest BCUT2D eigenvalue weighted by molar-refractivity contribution is 7.89. The highest BCUT2D eigenvalue weighted by Crippen LogP contribution is 2.17. The van der Waals surface area contributed by atoms with Crippen molar-refractivity contribution in [2.75, 3.05) is 0 Å². The van der Waals surface area contributed by atoms with Gasteiger partial charge >= 0.3 is 0 Å². The Morgan fingerprint density at radius 3 is 2.25 bits per heavy atom. The summed E-state index contributed by atoms with van der Waals surface area (Å²) in [6.45, 7) is 0. The second-order valence-electron chi connectivity index (χ2n) is 4.58. The molecule has 1 aromatic rings. The van der Waals surface area contributed by atoms with Crippen molar-refractivity contribution in [3.63, 3.8) is 0 Å². The van der Waals surface area contributed by atoms with Gasteiger partial charge in [-0.15, -0.1) is 0 Å². The number of hydrogen-bond acceptors (Lipinski definition) is 5. The lowest BCUT2D eigenvalue weighted by atomic mass is 9.99. The first kappa shape index (κ1) is 14.4. The number of hydrazone groups is 1. The third kappa shape index (κ3) is 3.53. The first-order valence-corrected chi connectivity index (χ1v) is 7.79. The Bertz CT molecular complexity index is 615. The number of hydrogen-bond donors (Lipinski definition) is 1. The van der Waals surface area contributed by atoms with Crippen molar-refractivity contribution in [3.05, 3.63) is 34.4 Å². The minimum Gasteiger partial charge on any atom is -0.258 e. The van der Waals surface area contributed by atoms with E-state index >= 15 is 0 Å². The van der Waals surface area contributed by atoms with E-state index in [2.05, 4.69) is 9.93 Å². The number of non-ortho nitro benzene ring substituents is 1. The molecule has 1 fully saturated rings. The average Bonchev–Trinajstić information content (AvgIpc) is 2.46. The fourth-order valence-corrected chi connectivity index (χ4v) is 2.85. The van der Waals surface area contributed by atoms with Gasteiger partial charge in [0, 0.05) is 17.8 Å². The molecule has 0 amide bonds. The van der Waals surface area contributed by atoms with Crippen molar-refractivity contribution in [3.8, 4) is 0 Å². The van der Waals surface area contributed by atoms with Gasteiger partial charge in [-0.3, -0.25) is 10.1 Å². The Kier molecular flexibility index (Phi) is 4.33. The lowest BCUT2D eigenvalue weighted by molar-refractivity contribution is -0.384. The summed E-state index contributed by atoms with van der Waals surface area (Å²) in [7, 11) is -3.76. The van der Waals surface area contributed by atoms with Crippen LogP contribution in [0.1, 0.15) is 32.1 Å². The Hall–Kier alpha value is -1.96. The van der Waals surface area contributed by atoms with Gasteiger partial charge in [0.15, 0.2) is 0 Å². The van der Waals surface area contributed by atoms with E-state index in [-0.39, 0.29) is 10.6 Å². The van der Waals surface area contributed by atoms with Crippen LogP contribution in [0.4, 0.5) is 5.69 Å². The molecule has 0 aliphatic heterocycles. The molecule has 1 aliphatic rings. The molecule has 7 nitrogen and oxygen atoms in total. The maximum absolute atomic E-state index is 12.0. The number of sulfonamides is 1. The molecule has 1 saturated carbocycles. The van der Waals surface area contributed by atoms with Crippen LogP contribution in [0.25, 0.3) is 0 Å². The summed E-state index contributed by atoms with van der Waals surface area (Å²) in [6.07, 6.45) is 4.82. The monoisotopic (exact) mass is 297 g/mol. The molecule has 8 heteroatoms. The van der Waals surface area contributed by atoms with Crippen LogP contribution in [0.3, 0.4) is 0 Å². The van der Waals surface area contributed by atoms with Gasteiger partial charge in [-0.25, -0.2) is 4.83 Å². The van der Waals surface area contributed by atoms with Gasteiger partial charge in [0.2, 0.25) is 0 Å². The Balaban J connectivity index is 2.11. The zero-order valence-corrected chi connectivity index (χ0v) is 11.6. The summed E-state index contributed by atoms with van der Waals surface area (Å²) in [5.74, 6) is 0. The standard InChI is InChI=1S/C12H15N3O4S/c16-15(17)11-6-8-12(9-7-11)20(18,19)14-13-10-4-2-1-3-5-10/h6-9,14H,1-5H2. The van der Waals surface area contributed by atoms with E-state index < -0.39 is 14.9 Å². The summed E-state index contributed by atoms with van der Waals surface area (Å²) in [5.41, 5.74) is 0.698. The highest BCUT2D eigenvalue weighted by atomic mass is 32.2. The second-order valence-corrected chi connectivity index (χ2v) is 6.25. The Morgan fingerprint density at radius 2 is 1.70 bits per heavy atom. The smallest absolute Gasteiger partial charge is 0.258 e. The van der Waals surface area contributed by atoms with Crippen LogP contribution >= 0.6 is 0 Å². The van der Waals surface area contributed by atoms with Crippen molar-refractivity contribution < 1.29 is 13.3 Å². The molecule has 0 bridgehead atoms. The van der Waals surface area contributed by atoms with E-state index in [1.807, 2.05) is 0 Å². The number of nitrogens with zero attached hydrogens (tertiary/aromatic N) is 2. The van der Waals surface area contributed by atoms with Crippen LogP contribution in [-0.4, -0.2) is 19.1 Å². The third-order valence-corrected chi connectivity index (χ3v) is 4.34. The minimum absolute atomic E-state index is 0.0386. The molecule has 108 valence electrons. The largest absolute Gasteiger partial charge is 0.276 e. The van der Waals surface area contributed by atoms with E-state index in [0.29, 0.717) is 0 Å². The SMILES string of the molecule is O=[N+]([O-])c1ccc(S(=O)(=O)NN=C2CCCCC2)cc1. The molecule has 1 aliphatic carbocycles. The van der Waals surface area contributed by atoms with Crippen LogP contribution < -0.4 is 4.83 Å². The summed E-state index contributed by atoms with van der Waals surface area (Å²) < 4.78 is 23.9. The molecule has 0 saturated heterocycles. The molecule has 1 N–H and O–H groups in total. The summed E-state index contributed by atoms with van der Waals surface area (Å²) in [5, 5.41) is 14.4.